The van der Waals surface area contributed by atoms with Crippen molar-refractivity contribution in [1.82, 2.24) is 0 Å². The van der Waals surface area contributed by atoms with Gasteiger partial charge in [-0.25, -0.2) is 0 Å². The van der Waals surface area contributed by atoms with Crippen LogP contribution in [0.1, 0.15) is 25.7 Å². The molecule has 0 radical (unpaired) electrons. The van der Waals surface area contributed by atoms with Crippen LogP contribution in [-0.2, 0) is 0 Å². The molecule has 3 aromatic rings. The van der Waals surface area contributed by atoms with Crippen molar-refractivity contribution >= 4 is 27.6 Å². The SMILES string of the molecule is OC1CCC(Nc2ccc3oc4ccccc4c3c2)CC1. The van der Waals surface area contributed by atoms with Crippen LogP contribution in [0.5, 0.6) is 0 Å². The molecule has 2 aromatic carbocycles. The van der Waals surface area contributed by atoms with E-state index in [1.165, 1.54) is 0 Å². The Balaban J connectivity index is 1.65. The van der Waals surface area contributed by atoms with Gasteiger partial charge in [-0.1, -0.05) is 18.2 Å². The van der Waals surface area contributed by atoms with Crippen LogP contribution in [0, 0.1) is 0 Å². The Bertz CT molecular complexity index is 769. The summed E-state index contributed by atoms with van der Waals surface area (Å²) in [6.07, 6.45) is 3.75. The van der Waals surface area contributed by atoms with E-state index >= 15 is 0 Å². The summed E-state index contributed by atoms with van der Waals surface area (Å²) in [6, 6.07) is 14.9. The quantitative estimate of drug-likeness (QED) is 0.736. The molecule has 1 aromatic heterocycles. The molecule has 2 N–H and O–H groups in total. The molecule has 1 aliphatic rings. The summed E-state index contributed by atoms with van der Waals surface area (Å²) < 4.78 is 5.85. The predicted octanol–water partition coefficient (Wildman–Crippen LogP) is 4.30. The van der Waals surface area contributed by atoms with E-state index in [9.17, 15) is 5.11 Å². The molecule has 0 bridgehead atoms. The minimum atomic E-state index is -0.108. The Morgan fingerprint density at radius 3 is 2.52 bits per heavy atom. The van der Waals surface area contributed by atoms with E-state index in [0.717, 1.165) is 53.3 Å². The van der Waals surface area contributed by atoms with Crippen LogP contribution < -0.4 is 5.32 Å². The van der Waals surface area contributed by atoms with E-state index < -0.39 is 0 Å². The van der Waals surface area contributed by atoms with Gasteiger partial charge in [-0.15, -0.1) is 0 Å². The molecule has 0 atom stereocenters. The van der Waals surface area contributed by atoms with Crippen LogP contribution in [0.3, 0.4) is 0 Å². The van der Waals surface area contributed by atoms with Crippen LogP contribution in [-0.4, -0.2) is 17.3 Å². The fourth-order valence-corrected chi connectivity index (χ4v) is 3.27. The first-order valence-electron chi connectivity index (χ1n) is 7.65. The van der Waals surface area contributed by atoms with Gasteiger partial charge in [-0.05, 0) is 49.9 Å². The van der Waals surface area contributed by atoms with Crippen LogP contribution in [0.2, 0.25) is 0 Å². The Kier molecular flexibility index (Phi) is 3.08. The van der Waals surface area contributed by atoms with Gasteiger partial charge in [0, 0.05) is 22.5 Å². The lowest BCUT2D eigenvalue weighted by Crippen LogP contribution is -2.28. The maximum Gasteiger partial charge on any atom is 0.135 e. The van der Waals surface area contributed by atoms with Gasteiger partial charge in [0.2, 0.25) is 0 Å². The van der Waals surface area contributed by atoms with Crippen molar-refractivity contribution in [3.8, 4) is 0 Å². The van der Waals surface area contributed by atoms with E-state index in [-0.39, 0.29) is 6.10 Å². The first-order valence-corrected chi connectivity index (χ1v) is 7.65. The zero-order valence-electron chi connectivity index (χ0n) is 11.9. The minimum absolute atomic E-state index is 0.108. The molecular formula is C18H19NO2. The average molecular weight is 281 g/mol. The fourth-order valence-electron chi connectivity index (χ4n) is 3.27. The van der Waals surface area contributed by atoms with Crippen molar-refractivity contribution in [1.29, 1.82) is 0 Å². The normalized spacial score (nSPS) is 22.7. The molecule has 0 aliphatic heterocycles. The van der Waals surface area contributed by atoms with Crippen LogP contribution in [0.25, 0.3) is 21.9 Å². The van der Waals surface area contributed by atoms with Gasteiger partial charge in [0.1, 0.15) is 11.2 Å². The largest absolute Gasteiger partial charge is 0.456 e. The highest BCUT2D eigenvalue weighted by atomic mass is 16.3. The number of anilines is 1. The molecule has 0 saturated heterocycles. The highest BCUT2D eigenvalue weighted by molar-refractivity contribution is 6.05. The minimum Gasteiger partial charge on any atom is -0.456 e. The van der Waals surface area contributed by atoms with Crippen molar-refractivity contribution in [2.45, 2.75) is 37.8 Å². The number of aliphatic hydroxyl groups is 1. The molecule has 1 heterocycles. The first-order chi connectivity index (χ1) is 10.3. The van der Waals surface area contributed by atoms with Gasteiger partial charge in [-0.3, -0.25) is 0 Å². The van der Waals surface area contributed by atoms with Crippen LogP contribution >= 0.6 is 0 Å². The monoisotopic (exact) mass is 281 g/mol. The van der Waals surface area contributed by atoms with Crippen LogP contribution in [0.4, 0.5) is 5.69 Å². The lowest BCUT2D eigenvalue weighted by molar-refractivity contribution is 0.126. The fraction of sp³-hybridized carbons (Fsp3) is 0.333. The third-order valence-electron chi connectivity index (χ3n) is 4.44. The molecule has 0 spiro atoms. The lowest BCUT2D eigenvalue weighted by Gasteiger charge is -2.27. The zero-order chi connectivity index (χ0) is 14.2. The van der Waals surface area contributed by atoms with E-state index in [4.69, 9.17) is 4.42 Å². The molecule has 0 unspecified atom stereocenters. The second-order valence-corrected chi connectivity index (χ2v) is 5.96. The number of hydrogen-bond acceptors (Lipinski definition) is 3. The molecule has 3 nitrogen and oxygen atoms in total. The lowest BCUT2D eigenvalue weighted by atomic mass is 9.93. The van der Waals surface area contributed by atoms with E-state index in [1.54, 1.807) is 0 Å². The second-order valence-electron chi connectivity index (χ2n) is 5.96. The van der Waals surface area contributed by atoms with Gasteiger partial charge in [0.15, 0.2) is 0 Å². The van der Waals surface area contributed by atoms with Crippen molar-refractivity contribution in [2.24, 2.45) is 0 Å². The summed E-state index contributed by atoms with van der Waals surface area (Å²) in [5, 5.41) is 15.5. The Morgan fingerprint density at radius 1 is 0.905 bits per heavy atom. The summed E-state index contributed by atoms with van der Waals surface area (Å²) >= 11 is 0. The average Bonchev–Trinajstić information content (AvgIpc) is 2.88. The van der Waals surface area contributed by atoms with Gasteiger partial charge in [0.05, 0.1) is 6.10 Å². The molecular weight excluding hydrogens is 262 g/mol. The van der Waals surface area contributed by atoms with E-state index in [2.05, 4.69) is 23.5 Å². The third kappa shape index (κ3) is 2.38. The first kappa shape index (κ1) is 12.7. The van der Waals surface area contributed by atoms with Crippen molar-refractivity contribution in [3.63, 3.8) is 0 Å². The topological polar surface area (TPSA) is 45.4 Å². The van der Waals surface area contributed by atoms with Gasteiger partial charge in [-0.2, -0.15) is 0 Å². The Labute approximate surface area is 123 Å². The standard InChI is InChI=1S/C18H19NO2/c20-14-8-5-12(6-9-14)19-13-7-10-18-16(11-13)15-3-1-2-4-17(15)21-18/h1-4,7,10-12,14,19-20H,5-6,8-9H2. The maximum absolute atomic E-state index is 9.58. The molecule has 1 saturated carbocycles. The van der Waals surface area contributed by atoms with Gasteiger partial charge >= 0.3 is 0 Å². The number of para-hydroxylation sites is 1. The smallest absolute Gasteiger partial charge is 0.135 e. The summed E-state index contributed by atoms with van der Waals surface area (Å²) in [4.78, 5) is 0. The molecule has 0 amide bonds. The van der Waals surface area contributed by atoms with E-state index in [0.29, 0.717) is 6.04 Å². The van der Waals surface area contributed by atoms with Crippen molar-refractivity contribution in [3.05, 3.63) is 42.5 Å². The number of rotatable bonds is 2. The van der Waals surface area contributed by atoms with Crippen molar-refractivity contribution in [2.75, 3.05) is 5.32 Å². The predicted molar refractivity (Wildman–Crippen MR) is 85.6 cm³/mol. The third-order valence-corrected chi connectivity index (χ3v) is 4.44. The van der Waals surface area contributed by atoms with Crippen LogP contribution in [0.15, 0.2) is 46.9 Å². The Hall–Kier alpha value is -2.00. The molecule has 3 heteroatoms. The molecule has 21 heavy (non-hydrogen) atoms. The summed E-state index contributed by atoms with van der Waals surface area (Å²) in [5.74, 6) is 0. The molecule has 108 valence electrons. The summed E-state index contributed by atoms with van der Waals surface area (Å²) in [7, 11) is 0. The van der Waals surface area contributed by atoms with Gasteiger partial charge in [0.25, 0.3) is 0 Å². The molecule has 4 rings (SSSR count). The van der Waals surface area contributed by atoms with Gasteiger partial charge < -0.3 is 14.8 Å². The molecule has 1 fully saturated rings. The number of nitrogens with one attached hydrogen (secondary N) is 1. The maximum atomic E-state index is 9.58. The van der Waals surface area contributed by atoms with E-state index in [1.807, 2.05) is 24.3 Å². The number of furan rings is 1. The summed E-state index contributed by atoms with van der Waals surface area (Å²) in [6.45, 7) is 0. The van der Waals surface area contributed by atoms with Crippen molar-refractivity contribution < 1.29 is 9.52 Å². The number of hydrogen-bond donors (Lipinski definition) is 2. The highest BCUT2D eigenvalue weighted by Crippen LogP contribution is 2.31. The highest BCUT2D eigenvalue weighted by Gasteiger charge is 2.19. The zero-order valence-corrected chi connectivity index (χ0v) is 11.9. The Morgan fingerprint density at radius 2 is 1.67 bits per heavy atom. The number of aliphatic hydroxyl groups excluding tert-OH is 1. The summed E-state index contributed by atoms with van der Waals surface area (Å²) in [5.41, 5.74) is 3.00. The second kappa shape index (κ2) is 5.08. The molecule has 1 aliphatic carbocycles. The number of fused-ring (bicyclic) bond motifs is 3. The number of benzene rings is 2.